The number of aryl methyl sites for hydroxylation is 1. The SMILES string of the molecule is COc1ccc(C(N)c2cc(Cl)ccc2C)c(Br)c1. The van der Waals surface area contributed by atoms with Crippen molar-refractivity contribution in [3.63, 3.8) is 0 Å². The number of methoxy groups -OCH3 is 1. The van der Waals surface area contributed by atoms with Crippen LogP contribution < -0.4 is 10.5 Å². The lowest BCUT2D eigenvalue weighted by Gasteiger charge is -2.17. The first-order valence-electron chi connectivity index (χ1n) is 5.88. The van der Waals surface area contributed by atoms with Gasteiger partial charge in [0.25, 0.3) is 0 Å². The van der Waals surface area contributed by atoms with Crippen LogP contribution in [0.2, 0.25) is 5.02 Å². The van der Waals surface area contributed by atoms with Gasteiger partial charge in [-0.05, 0) is 47.9 Å². The molecule has 0 spiro atoms. The number of hydrogen-bond acceptors (Lipinski definition) is 2. The van der Waals surface area contributed by atoms with Gasteiger partial charge in [-0.1, -0.05) is 39.7 Å². The first-order valence-corrected chi connectivity index (χ1v) is 7.05. The zero-order valence-corrected chi connectivity index (χ0v) is 13.1. The van der Waals surface area contributed by atoms with Gasteiger partial charge < -0.3 is 10.5 Å². The van der Waals surface area contributed by atoms with Crippen molar-refractivity contribution in [2.24, 2.45) is 5.73 Å². The molecular weight excluding hydrogens is 326 g/mol. The van der Waals surface area contributed by atoms with Crippen molar-refractivity contribution >= 4 is 27.5 Å². The summed E-state index contributed by atoms with van der Waals surface area (Å²) < 4.78 is 6.12. The van der Waals surface area contributed by atoms with Crippen LogP contribution in [0.1, 0.15) is 22.7 Å². The lowest BCUT2D eigenvalue weighted by molar-refractivity contribution is 0.414. The van der Waals surface area contributed by atoms with Gasteiger partial charge in [-0.2, -0.15) is 0 Å². The van der Waals surface area contributed by atoms with E-state index in [2.05, 4.69) is 15.9 Å². The van der Waals surface area contributed by atoms with Crippen molar-refractivity contribution in [1.29, 1.82) is 0 Å². The Labute approximate surface area is 126 Å². The fourth-order valence-corrected chi connectivity index (χ4v) is 2.79. The van der Waals surface area contributed by atoms with Crippen LogP contribution in [0.5, 0.6) is 5.75 Å². The van der Waals surface area contributed by atoms with E-state index in [0.717, 1.165) is 26.9 Å². The Morgan fingerprint density at radius 1 is 1.16 bits per heavy atom. The molecule has 0 saturated heterocycles. The van der Waals surface area contributed by atoms with E-state index in [0.29, 0.717) is 5.02 Å². The molecule has 1 atom stereocenters. The van der Waals surface area contributed by atoms with Gasteiger partial charge >= 0.3 is 0 Å². The Morgan fingerprint density at radius 2 is 1.89 bits per heavy atom. The van der Waals surface area contributed by atoms with Gasteiger partial charge in [0, 0.05) is 9.50 Å². The molecule has 0 aliphatic carbocycles. The predicted octanol–water partition coefficient (Wildman–Crippen LogP) is 4.47. The summed E-state index contributed by atoms with van der Waals surface area (Å²) >= 11 is 9.58. The van der Waals surface area contributed by atoms with Gasteiger partial charge in [0.2, 0.25) is 0 Å². The average molecular weight is 341 g/mol. The average Bonchev–Trinajstić information content (AvgIpc) is 2.40. The van der Waals surface area contributed by atoms with Gasteiger partial charge in [0.05, 0.1) is 13.2 Å². The summed E-state index contributed by atoms with van der Waals surface area (Å²) in [6.07, 6.45) is 0. The van der Waals surface area contributed by atoms with Crippen molar-refractivity contribution < 1.29 is 4.74 Å². The highest BCUT2D eigenvalue weighted by atomic mass is 79.9. The summed E-state index contributed by atoms with van der Waals surface area (Å²) in [5.74, 6) is 0.797. The molecule has 0 amide bonds. The van der Waals surface area contributed by atoms with Crippen LogP contribution in [-0.4, -0.2) is 7.11 Å². The van der Waals surface area contributed by atoms with E-state index in [4.69, 9.17) is 22.1 Å². The van der Waals surface area contributed by atoms with Gasteiger partial charge in [-0.25, -0.2) is 0 Å². The minimum atomic E-state index is -0.223. The molecule has 4 heteroatoms. The second-order valence-electron chi connectivity index (χ2n) is 4.37. The largest absolute Gasteiger partial charge is 0.497 e. The van der Waals surface area contributed by atoms with Crippen LogP contribution in [0.15, 0.2) is 40.9 Å². The second kappa shape index (κ2) is 5.95. The maximum absolute atomic E-state index is 6.35. The summed E-state index contributed by atoms with van der Waals surface area (Å²) in [7, 11) is 1.64. The third kappa shape index (κ3) is 3.11. The van der Waals surface area contributed by atoms with E-state index in [1.165, 1.54) is 0 Å². The summed E-state index contributed by atoms with van der Waals surface area (Å²) in [6.45, 7) is 2.03. The van der Waals surface area contributed by atoms with E-state index in [1.807, 2.05) is 43.3 Å². The number of halogens is 2. The molecule has 0 fully saturated rings. The minimum Gasteiger partial charge on any atom is -0.497 e. The highest BCUT2D eigenvalue weighted by Crippen LogP contribution is 2.32. The molecule has 0 aromatic heterocycles. The van der Waals surface area contributed by atoms with E-state index >= 15 is 0 Å². The molecule has 2 aromatic carbocycles. The Morgan fingerprint density at radius 3 is 2.53 bits per heavy atom. The third-order valence-corrected chi connectivity index (χ3v) is 4.04. The van der Waals surface area contributed by atoms with E-state index in [9.17, 15) is 0 Å². The van der Waals surface area contributed by atoms with Crippen molar-refractivity contribution in [3.05, 3.63) is 62.6 Å². The Hall–Kier alpha value is -1.03. The van der Waals surface area contributed by atoms with Crippen LogP contribution in [0.3, 0.4) is 0 Å². The van der Waals surface area contributed by atoms with Gasteiger partial charge in [-0.15, -0.1) is 0 Å². The Kier molecular flexibility index (Phi) is 4.50. The molecule has 0 aliphatic rings. The zero-order chi connectivity index (χ0) is 14.0. The zero-order valence-electron chi connectivity index (χ0n) is 10.8. The quantitative estimate of drug-likeness (QED) is 0.895. The number of hydrogen-bond donors (Lipinski definition) is 1. The molecule has 0 aliphatic heterocycles. The van der Waals surface area contributed by atoms with E-state index < -0.39 is 0 Å². The van der Waals surface area contributed by atoms with Crippen molar-refractivity contribution in [2.75, 3.05) is 7.11 Å². The van der Waals surface area contributed by atoms with Crippen molar-refractivity contribution in [2.45, 2.75) is 13.0 Å². The number of nitrogens with two attached hydrogens (primary N) is 1. The van der Waals surface area contributed by atoms with E-state index in [-0.39, 0.29) is 6.04 Å². The minimum absolute atomic E-state index is 0.223. The molecule has 0 radical (unpaired) electrons. The molecular formula is C15H15BrClNO. The summed E-state index contributed by atoms with van der Waals surface area (Å²) in [5.41, 5.74) is 9.51. The van der Waals surface area contributed by atoms with Crippen LogP contribution in [0, 0.1) is 6.92 Å². The van der Waals surface area contributed by atoms with Gasteiger partial charge in [0.15, 0.2) is 0 Å². The van der Waals surface area contributed by atoms with Crippen LogP contribution >= 0.6 is 27.5 Å². The van der Waals surface area contributed by atoms with Crippen LogP contribution in [0.4, 0.5) is 0 Å². The van der Waals surface area contributed by atoms with Crippen LogP contribution in [-0.2, 0) is 0 Å². The fraction of sp³-hybridized carbons (Fsp3) is 0.200. The predicted molar refractivity (Wildman–Crippen MR) is 82.9 cm³/mol. The molecule has 19 heavy (non-hydrogen) atoms. The Bertz CT molecular complexity index is 601. The molecule has 0 bridgehead atoms. The first-order chi connectivity index (χ1) is 9.02. The molecule has 100 valence electrons. The summed E-state index contributed by atoms with van der Waals surface area (Å²) in [6, 6.07) is 11.3. The monoisotopic (exact) mass is 339 g/mol. The van der Waals surface area contributed by atoms with Gasteiger partial charge in [0.1, 0.15) is 5.75 Å². The third-order valence-electron chi connectivity index (χ3n) is 3.12. The van der Waals surface area contributed by atoms with E-state index in [1.54, 1.807) is 7.11 Å². The maximum Gasteiger partial charge on any atom is 0.120 e. The standard InChI is InChI=1S/C15H15BrClNO/c1-9-3-4-10(17)7-13(9)15(18)12-6-5-11(19-2)8-14(12)16/h3-8,15H,18H2,1-2H3. The molecule has 0 heterocycles. The highest BCUT2D eigenvalue weighted by molar-refractivity contribution is 9.10. The number of benzene rings is 2. The molecule has 1 unspecified atom stereocenters. The van der Waals surface area contributed by atoms with Crippen molar-refractivity contribution in [3.8, 4) is 5.75 Å². The lowest BCUT2D eigenvalue weighted by atomic mass is 9.96. The molecule has 2 N–H and O–H groups in total. The first kappa shape index (κ1) is 14.4. The number of ether oxygens (including phenoxy) is 1. The highest BCUT2D eigenvalue weighted by Gasteiger charge is 2.15. The van der Waals surface area contributed by atoms with Crippen LogP contribution in [0.25, 0.3) is 0 Å². The smallest absolute Gasteiger partial charge is 0.120 e. The molecule has 2 nitrogen and oxygen atoms in total. The summed E-state index contributed by atoms with van der Waals surface area (Å²) in [4.78, 5) is 0. The topological polar surface area (TPSA) is 35.2 Å². The summed E-state index contributed by atoms with van der Waals surface area (Å²) in [5, 5.41) is 0.695. The van der Waals surface area contributed by atoms with Gasteiger partial charge in [-0.3, -0.25) is 0 Å². The molecule has 2 rings (SSSR count). The Balaban J connectivity index is 2.43. The lowest BCUT2D eigenvalue weighted by Crippen LogP contribution is -2.14. The number of rotatable bonds is 3. The molecule has 0 saturated carbocycles. The van der Waals surface area contributed by atoms with Crippen molar-refractivity contribution in [1.82, 2.24) is 0 Å². The fourth-order valence-electron chi connectivity index (χ4n) is 2.00. The molecule has 2 aromatic rings. The normalized spacial score (nSPS) is 12.3. The maximum atomic E-state index is 6.35. The second-order valence-corrected chi connectivity index (χ2v) is 5.66.